The molecule has 1 fully saturated rings. The van der Waals surface area contributed by atoms with Gasteiger partial charge in [-0.25, -0.2) is 0 Å². The van der Waals surface area contributed by atoms with Crippen molar-refractivity contribution in [3.05, 3.63) is 35.9 Å². The SMILES string of the molecule is OC[C@@H]1OC(Br)[C@H](OCc2ccccc2)[C@H]1O. The van der Waals surface area contributed by atoms with Crippen molar-refractivity contribution in [1.82, 2.24) is 0 Å². The molecule has 1 aliphatic rings. The summed E-state index contributed by atoms with van der Waals surface area (Å²) in [5, 5.41) is 18.5. The Morgan fingerprint density at radius 1 is 1.29 bits per heavy atom. The summed E-state index contributed by atoms with van der Waals surface area (Å²) < 4.78 is 10.9. The Hall–Kier alpha value is -0.460. The van der Waals surface area contributed by atoms with Gasteiger partial charge in [0.05, 0.1) is 13.2 Å². The molecule has 1 heterocycles. The molecule has 1 aromatic rings. The largest absolute Gasteiger partial charge is 0.394 e. The number of ether oxygens (including phenoxy) is 2. The maximum Gasteiger partial charge on any atom is 0.141 e. The van der Waals surface area contributed by atoms with Gasteiger partial charge in [-0.15, -0.1) is 0 Å². The molecular weight excluding hydrogens is 288 g/mol. The maximum atomic E-state index is 9.86. The number of aliphatic hydroxyl groups is 2. The van der Waals surface area contributed by atoms with E-state index in [0.717, 1.165) is 5.56 Å². The van der Waals surface area contributed by atoms with Crippen LogP contribution in [0.25, 0.3) is 0 Å². The van der Waals surface area contributed by atoms with E-state index in [1.165, 1.54) is 0 Å². The molecule has 0 spiro atoms. The molecule has 2 rings (SSSR count). The Balaban J connectivity index is 1.91. The molecule has 0 aliphatic carbocycles. The van der Waals surface area contributed by atoms with Crippen LogP contribution in [-0.4, -0.2) is 40.1 Å². The van der Waals surface area contributed by atoms with Gasteiger partial charge in [0.25, 0.3) is 0 Å². The average molecular weight is 303 g/mol. The topological polar surface area (TPSA) is 58.9 Å². The van der Waals surface area contributed by atoms with Gasteiger partial charge >= 0.3 is 0 Å². The molecular formula is C12H15BrO4. The van der Waals surface area contributed by atoms with Crippen LogP contribution in [0.15, 0.2) is 30.3 Å². The second-order valence-corrected chi connectivity index (χ2v) is 4.86. The molecule has 1 unspecified atom stereocenters. The van der Waals surface area contributed by atoms with Gasteiger partial charge in [-0.1, -0.05) is 46.3 Å². The second kappa shape index (κ2) is 5.93. The lowest BCUT2D eigenvalue weighted by molar-refractivity contribution is -0.0348. The van der Waals surface area contributed by atoms with Crippen LogP contribution in [0, 0.1) is 0 Å². The van der Waals surface area contributed by atoms with Gasteiger partial charge in [-0.3, -0.25) is 0 Å². The molecule has 0 amide bonds. The molecule has 1 aliphatic heterocycles. The summed E-state index contributed by atoms with van der Waals surface area (Å²) in [6.45, 7) is 0.195. The van der Waals surface area contributed by atoms with Gasteiger partial charge in [-0.2, -0.15) is 0 Å². The molecule has 1 aromatic carbocycles. The molecule has 0 bridgehead atoms. The molecule has 1 saturated heterocycles. The van der Waals surface area contributed by atoms with E-state index in [1.807, 2.05) is 30.3 Å². The zero-order chi connectivity index (χ0) is 12.3. The third-order valence-electron chi connectivity index (χ3n) is 2.75. The Labute approximate surface area is 108 Å². The third kappa shape index (κ3) is 3.05. The predicted octanol–water partition coefficient (Wildman–Crippen LogP) is 1.04. The van der Waals surface area contributed by atoms with Crippen LogP contribution in [0.5, 0.6) is 0 Å². The second-order valence-electron chi connectivity index (χ2n) is 3.96. The van der Waals surface area contributed by atoms with Gasteiger partial charge in [0.1, 0.15) is 23.3 Å². The van der Waals surface area contributed by atoms with E-state index in [-0.39, 0.29) is 6.61 Å². The quantitative estimate of drug-likeness (QED) is 0.816. The summed E-state index contributed by atoms with van der Waals surface area (Å²) in [6.07, 6.45) is -1.86. The summed E-state index contributed by atoms with van der Waals surface area (Å²) in [5.41, 5.74) is 1.03. The standard InChI is InChI=1S/C12H15BrO4/c13-12-11(10(15)9(6-14)17-12)16-7-8-4-2-1-3-5-8/h1-5,9-12,14-15H,6-7H2/t9-,10-,11+,12?/m0/s1. The molecule has 94 valence electrons. The van der Waals surface area contributed by atoms with Crippen LogP contribution in [0.3, 0.4) is 0 Å². The summed E-state index contributed by atoms with van der Waals surface area (Å²) in [4.78, 5) is 0. The van der Waals surface area contributed by atoms with Gasteiger partial charge in [0.15, 0.2) is 0 Å². The summed E-state index contributed by atoms with van der Waals surface area (Å²) >= 11 is 3.28. The number of benzene rings is 1. The van der Waals surface area contributed by atoms with Crippen LogP contribution in [0.4, 0.5) is 0 Å². The first-order valence-corrected chi connectivity index (χ1v) is 6.38. The first kappa shape index (κ1) is 13.0. The van der Waals surface area contributed by atoms with Crippen molar-refractivity contribution < 1.29 is 19.7 Å². The molecule has 5 heteroatoms. The van der Waals surface area contributed by atoms with Gasteiger partial charge in [-0.05, 0) is 5.56 Å². The number of rotatable bonds is 4. The minimum atomic E-state index is -0.812. The lowest BCUT2D eigenvalue weighted by atomic mass is 10.1. The van der Waals surface area contributed by atoms with Crippen LogP contribution in [-0.2, 0) is 16.1 Å². The monoisotopic (exact) mass is 302 g/mol. The highest BCUT2D eigenvalue weighted by atomic mass is 79.9. The van der Waals surface area contributed by atoms with E-state index in [0.29, 0.717) is 6.61 Å². The van der Waals surface area contributed by atoms with Gasteiger partial charge in [0.2, 0.25) is 0 Å². The number of alkyl halides is 1. The van der Waals surface area contributed by atoms with E-state index in [4.69, 9.17) is 14.6 Å². The first-order valence-electron chi connectivity index (χ1n) is 5.46. The molecule has 4 atom stereocenters. The van der Waals surface area contributed by atoms with E-state index in [1.54, 1.807) is 0 Å². The summed E-state index contributed by atoms with van der Waals surface area (Å²) in [7, 11) is 0. The van der Waals surface area contributed by atoms with E-state index < -0.39 is 23.3 Å². The zero-order valence-electron chi connectivity index (χ0n) is 9.20. The Morgan fingerprint density at radius 3 is 2.59 bits per heavy atom. The van der Waals surface area contributed by atoms with E-state index in [9.17, 15) is 5.11 Å². The molecule has 2 N–H and O–H groups in total. The van der Waals surface area contributed by atoms with Crippen LogP contribution >= 0.6 is 15.9 Å². The third-order valence-corrected chi connectivity index (χ3v) is 3.48. The minimum absolute atomic E-state index is 0.214. The van der Waals surface area contributed by atoms with Crippen molar-refractivity contribution in [3.63, 3.8) is 0 Å². The molecule has 0 aromatic heterocycles. The molecule has 4 nitrogen and oxygen atoms in total. The van der Waals surface area contributed by atoms with Crippen molar-refractivity contribution in [2.45, 2.75) is 29.9 Å². The summed E-state index contributed by atoms with van der Waals surface area (Å²) in [6, 6.07) is 9.71. The zero-order valence-corrected chi connectivity index (χ0v) is 10.8. The van der Waals surface area contributed by atoms with Crippen LogP contribution in [0.1, 0.15) is 5.56 Å². The maximum absolute atomic E-state index is 9.86. The fourth-order valence-corrected chi connectivity index (χ4v) is 2.53. The van der Waals surface area contributed by atoms with Crippen molar-refractivity contribution in [2.24, 2.45) is 0 Å². The Bertz CT molecular complexity index is 346. The highest BCUT2D eigenvalue weighted by molar-refractivity contribution is 9.09. The Kier molecular flexibility index (Phi) is 4.53. The van der Waals surface area contributed by atoms with Crippen molar-refractivity contribution in [1.29, 1.82) is 0 Å². The van der Waals surface area contributed by atoms with Gasteiger partial charge in [0, 0.05) is 0 Å². The fraction of sp³-hybridized carbons (Fsp3) is 0.500. The van der Waals surface area contributed by atoms with E-state index in [2.05, 4.69) is 15.9 Å². The van der Waals surface area contributed by atoms with Gasteiger partial charge < -0.3 is 19.7 Å². The lowest BCUT2D eigenvalue weighted by Gasteiger charge is -2.17. The lowest BCUT2D eigenvalue weighted by Crippen LogP contribution is -2.35. The normalized spacial score (nSPS) is 32.9. The van der Waals surface area contributed by atoms with Crippen LogP contribution < -0.4 is 0 Å². The predicted molar refractivity (Wildman–Crippen MR) is 65.7 cm³/mol. The average Bonchev–Trinajstić information content (AvgIpc) is 2.63. The Morgan fingerprint density at radius 2 is 2.00 bits per heavy atom. The number of hydrogen-bond donors (Lipinski definition) is 2. The smallest absolute Gasteiger partial charge is 0.141 e. The fourth-order valence-electron chi connectivity index (χ4n) is 1.78. The van der Waals surface area contributed by atoms with Crippen LogP contribution in [0.2, 0.25) is 0 Å². The van der Waals surface area contributed by atoms with Crippen molar-refractivity contribution in [2.75, 3.05) is 6.61 Å². The number of hydrogen-bond acceptors (Lipinski definition) is 4. The summed E-state index contributed by atoms with van der Waals surface area (Å²) in [5.74, 6) is 0. The van der Waals surface area contributed by atoms with Crippen molar-refractivity contribution in [3.8, 4) is 0 Å². The van der Waals surface area contributed by atoms with E-state index >= 15 is 0 Å². The first-order chi connectivity index (χ1) is 8.22. The van der Waals surface area contributed by atoms with Crippen molar-refractivity contribution >= 4 is 15.9 Å². The number of aliphatic hydroxyl groups excluding tert-OH is 2. The minimum Gasteiger partial charge on any atom is -0.394 e. The number of halogens is 1. The molecule has 0 saturated carbocycles. The molecule has 0 radical (unpaired) electrons. The molecule has 17 heavy (non-hydrogen) atoms. The highest BCUT2D eigenvalue weighted by Crippen LogP contribution is 2.28. The highest BCUT2D eigenvalue weighted by Gasteiger charge is 2.42.